The summed E-state index contributed by atoms with van der Waals surface area (Å²) in [5, 5.41) is 3.10. The molecule has 0 fully saturated rings. The van der Waals surface area contributed by atoms with E-state index >= 15 is 0 Å². The fourth-order valence-electron chi connectivity index (χ4n) is 4.29. The molecule has 5 heterocycles. The van der Waals surface area contributed by atoms with Crippen LogP contribution in [0.1, 0.15) is 42.0 Å². The Labute approximate surface area is 265 Å². The summed E-state index contributed by atoms with van der Waals surface area (Å²) >= 11 is 0. The van der Waals surface area contributed by atoms with E-state index < -0.39 is 0 Å². The summed E-state index contributed by atoms with van der Waals surface area (Å²) in [6.45, 7) is 11.6. The average molecular weight is 585 g/mol. The van der Waals surface area contributed by atoms with Crippen LogP contribution in [0.15, 0.2) is 48.9 Å². The number of aromatic nitrogens is 8. The highest BCUT2D eigenvalue weighted by Crippen LogP contribution is 2.32. The van der Waals surface area contributed by atoms with E-state index in [9.17, 15) is 0 Å². The van der Waals surface area contributed by atoms with Gasteiger partial charge in [0.1, 0.15) is 17.5 Å². The van der Waals surface area contributed by atoms with Gasteiger partial charge < -0.3 is 9.47 Å². The first-order valence-electron chi connectivity index (χ1n) is 12.7. The summed E-state index contributed by atoms with van der Waals surface area (Å²) in [4.78, 5) is 33.8. The van der Waals surface area contributed by atoms with Crippen LogP contribution in [0.2, 0.25) is 0 Å². The lowest BCUT2D eigenvalue weighted by Gasteiger charge is -2.10. The van der Waals surface area contributed by atoms with Gasteiger partial charge in [-0.1, -0.05) is 7.43 Å². The minimum atomic E-state index is 0. The molecule has 0 saturated heterocycles. The summed E-state index contributed by atoms with van der Waals surface area (Å²) < 4.78 is 10.5. The van der Waals surface area contributed by atoms with Crippen LogP contribution in [0, 0.1) is 41.5 Å². The molecule has 0 unspecified atom stereocenters. The number of rotatable bonds is 2. The van der Waals surface area contributed by atoms with E-state index in [1.54, 1.807) is 32.8 Å². The molecule has 0 saturated carbocycles. The molecule has 0 aliphatic carbocycles. The number of fused-ring (bicyclic) bond motifs is 3. The normalized spacial score (nSPS) is 9.55. The third kappa shape index (κ3) is 9.17. The van der Waals surface area contributed by atoms with Gasteiger partial charge in [-0.3, -0.25) is 4.98 Å². The number of methoxy groups -OCH3 is 2. The second kappa shape index (κ2) is 17.5. The summed E-state index contributed by atoms with van der Waals surface area (Å²) in [6.07, 6.45) is 5.26. The number of nitrogens with zero attached hydrogens (tertiary/aromatic N) is 8. The molecule has 0 aliphatic heterocycles. The zero-order valence-corrected chi connectivity index (χ0v) is 25.7. The smallest absolute Gasteiger partial charge is 0.163 e. The second-order valence-corrected chi connectivity index (χ2v) is 9.06. The molecule has 0 spiro atoms. The molecule has 10 nitrogen and oxygen atoms in total. The van der Waals surface area contributed by atoms with Crippen molar-refractivity contribution >= 4 is 58.1 Å². The van der Waals surface area contributed by atoms with Crippen LogP contribution >= 0.6 is 0 Å². The number of ether oxygens (including phenoxy) is 2. The van der Waals surface area contributed by atoms with E-state index in [0.717, 1.165) is 67.4 Å². The van der Waals surface area contributed by atoms with Gasteiger partial charge in [0, 0.05) is 71.2 Å². The Morgan fingerprint density at radius 1 is 0.545 bits per heavy atom. The van der Waals surface area contributed by atoms with Crippen LogP contribution in [-0.2, 0) is 0 Å². The van der Waals surface area contributed by atoms with Gasteiger partial charge in [0.25, 0.3) is 0 Å². The van der Waals surface area contributed by atoms with Gasteiger partial charge in [-0.15, -0.1) is 0 Å². The SMILES string of the molecule is C.COc1cc2nc(C)nc(C)c2cc1OC.Cc1nc(C)c2cccnc2n1.Cc1nc(C)c2ccncc2n1.[B].[B].[B]. The van der Waals surface area contributed by atoms with Crippen LogP contribution < -0.4 is 9.47 Å². The molecule has 6 rings (SSSR count). The van der Waals surface area contributed by atoms with Crippen LogP contribution in [-0.4, -0.2) is 79.3 Å². The minimum absolute atomic E-state index is 0. The molecule has 6 aromatic rings. The summed E-state index contributed by atoms with van der Waals surface area (Å²) in [5.74, 6) is 3.72. The van der Waals surface area contributed by atoms with E-state index in [2.05, 4.69) is 39.9 Å². The lowest BCUT2D eigenvalue weighted by Crippen LogP contribution is -1.96. The Morgan fingerprint density at radius 2 is 1.07 bits per heavy atom. The maximum absolute atomic E-state index is 5.25. The van der Waals surface area contributed by atoms with Crippen molar-refractivity contribution in [1.29, 1.82) is 0 Å². The quantitative estimate of drug-likeness (QED) is 0.256. The van der Waals surface area contributed by atoms with Crippen molar-refractivity contribution in [3.05, 3.63) is 83.5 Å². The Bertz CT molecular complexity index is 1740. The number of hydrogen-bond acceptors (Lipinski definition) is 10. The van der Waals surface area contributed by atoms with E-state index in [0.29, 0.717) is 11.5 Å². The Morgan fingerprint density at radius 3 is 1.68 bits per heavy atom. The molecular weight excluding hydrogens is 549 g/mol. The van der Waals surface area contributed by atoms with Gasteiger partial charge in [0.05, 0.1) is 37.1 Å². The number of pyridine rings is 2. The van der Waals surface area contributed by atoms with Crippen molar-refractivity contribution in [2.24, 2.45) is 0 Å². The minimum Gasteiger partial charge on any atom is -0.493 e. The van der Waals surface area contributed by atoms with Gasteiger partial charge in [-0.25, -0.2) is 34.9 Å². The van der Waals surface area contributed by atoms with Crippen molar-refractivity contribution in [1.82, 2.24) is 39.9 Å². The molecule has 0 atom stereocenters. The molecule has 0 N–H and O–H groups in total. The summed E-state index contributed by atoms with van der Waals surface area (Å²) in [7, 11) is 3.23. The lowest BCUT2D eigenvalue weighted by molar-refractivity contribution is 0.355. The van der Waals surface area contributed by atoms with Crippen molar-refractivity contribution < 1.29 is 9.47 Å². The molecule has 221 valence electrons. The molecule has 1 aromatic carbocycles. The summed E-state index contributed by atoms with van der Waals surface area (Å²) in [6, 6.07) is 9.59. The lowest BCUT2D eigenvalue weighted by atomic mass is 10.1. The van der Waals surface area contributed by atoms with Crippen LogP contribution in [0.3, 0.4) is 0 Å². The van der Waals surface area contributed by atoms with E-state index in [4.69, 9.17) is 9.47 Å². The monoisotopic (exact) mass is 585 g/mol. The largest absolute Gasteiger partial charge is 0.493 e. The highest BCUT2D eigenvalue weighted by molar-refractivity contribution is 5.84. The number of benzene rings is 1. The van der Waals surface area contributed by atoms with Gasteiger partial charge >= 0.3 is 0 Å². The first-order valence-corrected chi connectivity index (χ1v) is 12.7. The zero-order chi connectivity index (χ0) is 28.8. The van der Waals surface area contributed by atoms with Crippen LogP contribution in [0.25, 0.3) is 32.8 Å². The van der Waals surface area contributed by atoms with Crippen molar-refractivity contribution in [3.8, 4) is 11.5 Å². The number of aryl methyl sites for hydroxylation is 6. The molecule has 9 radical (unpaired) electrons. The van der Waals surface area contributed by atoms with Gasteiger partial charge in [0.2, 0.25) is 0 Å². The molecule has 0 aliphatic rings. The third-order valence-electron chi connectivity index (χ3n) is 6.08. The molecule has 5 aromatic heterocycles. The molecule has 13 heteroatoms. The molecule has 44 heavy (non-hydrogen) atoms. The van der Waals surface area contributed by atoms with Gasteiger partial charge in [-0.05, 0) is 65.8 Å². The fourth-order valence-corrected chi connectivity index (χ4v) is 4.29. The van der Waals surface area contributed by atoms with Gasteiger partial charge in [0.15, 0.2) is 17.1 Å². The third-order valence-corrected chi connectivity index (χ3v) is 6.08. The van der Waals surface area contributed by atoms with E-state index in [-0.39, 0.29) is 32.7 Å². The summed E-state index contributed by atoms with van der Waals surface area (Å²) in [5.41, 5.74) is 5.53. The Balaban J connectivity index is 0.000000610. The molecule has 0 bridgehead atoms. The van der Waals surface area contributed by atoms with Crippen molar-refractivity contribution in [3.63, 3.8) is 0 Å². The van der Waals surface area contributed by atoms with Gasteiger partial charge in [-0.2, -0.15) is 0 Å². The number of hydrogen-bond donors (Lipinski definition) is 0. The maximum atomic E-state index is 5.25. The predicted octanol–water partition coefficient (Wildman–Crippen LogP) is 5.04. The average Bonchev–Trinajstić information content (AvgIpc) is 2.93. The zero-order valence-electron chi connectivity index (χ0n) is 25.7. The Kier molecular flexibility index (Phi) is 15.6. The van der Waals surface area contributed by atoms with Crippen LogP contribution in [0.5, 0.6) is 11.5 Å². The van der Waals surface area contributed by atoms with Crippen LogP contribution in [0.4, 0.5) is 0 Å². The second-order valence-electron chi connectivity index (χ2n) is 9.06. The maximum Gasteiger partial charge on any atom is 0.163 e. The standard InChI is InChI=1S/C12H14N2O2.2C9H9N3.CH4.3B/c1-7-9-5-11(15-3)12(16-4)6-10(9)14-8(2)13-7;1-6-8-3-4-10-5-9(8)12-7(2)11-6;1-6-8-4-3-5-10-9(8)12-7(2)11-6;;;;/h5-6H,1-4H3;2*3-5H,1-2H3;1H4;;;. The first-order chi connectivity index (χ1) is 19.2. The molecular formula is C31H36B3N8O2. The van der Waals surface area contributed by atoms with Crippen molar-refractivity contribution in [2.75, 3.05) is 14.2 Å². The first kappa shape index (κ1) is 39.3. The topological polar surface area (TPSA) is 122 Å². The highest BCUT2D eigenvalue weighted by atomic mass is 16.5. The molecule has 0 amide bonds. The van der Waals surface area contributed by atoms with E-state index in [1.165, 1.54) is 0 Å². The predicted molar refractivity (Wildman–Crippen MR) is 180 cm³/mol. The van der Waals surface area contributed by atoms with E-state index in [1.807, 2.05) is 71.9 Å². The highest BCUT2D eigenvalue weighted by Gasteiger charge is 2.09. The fraction of sp³-hybridized carbons (Fsp3) is 0.290. The van der Waals surface area contributed by atoms with Crippen molar-refractivity contribution in [2.45, 2.75) is 49.0 Å². The Hall–Kier alpha value is -4.67.